The highest BCUT2D eigenvalue weighted by molar-refractivity contribution is 7.99. The monoisotopic (exact) mass is 420 g/mol. The summed E-state index contributed by atoms with van der Waals surface area (Å²) in [5.74, 6) is 1.58. The number of pyridine rings is 1. The van der Waals surface area contributed by atoms with E-state index in [0.717, 1.165) is 15.9 Å². The zero-order valence-corrected chi connectivity index (χ0v) is 16.9. The molecule has 0 saturated carbocycles. The highest BCUT2D eigenvalue weighted by atomic mass is 35.5. The minimum absolute atomic E-state index is 0.0867. The van der Waals surface area contributed by atoms with Crippen LogP contribution >= 0.6 is 23.4 Å². The van der Waals surface area contributed by atoms with Crippen molar-refractivity contribution in [2.75, 3.05) is 11.1 Å². The fraction of sp³-hybridized carbons (Fsp3) is 0.0435. The summed E-state index contributed by atoms with van der Waals surface area (Å²) in [5.41, 5.74) is 1.64. The van der Waals surface area contributed by atoms with Gasteiger partial charge in [-0.25, -0.2) is 4.98 Å². The topological polar surface area (TPSA) is 51.2 Å². The van der Waals surface area contributed by atoms with Crippen LogP contribution in [0, 0.1) is 0 Å². The molecule has 0 spiro atoms. The summed E-state index contributed by atoms with van der Waals surface area (Å²) in [5, 5.41) is 5.46. The maximum Gasteiger partial charge on any atom is 0.234 e. The van der Waals surface area contributed by atoms with Crippen LogP contribution in [0.25, 0.3) is 10.9 Å². The molecule has 1 heterocycles. The lowest BCUT2D eigenvalue weighted by atomic mass is 10.2. The number of halogens is 1. The summed E-state index contributed by atoms with van der Waals surface area (Å²) in [6.07, 6.45) is 0. The number of amides is 1. The maximum atomic E-state index is 12.3. The Morgan fingerprint density at radius 2 is 1.59 bits per heavy atom. The van der Waals surface area contributed by atoms with Crippen molar-refractivity contribution in [1.29, 1.82) is 0 Å². The summed E-state index contributed by atoms with van der Waals surface area (Å²) in [7, 11) is 0. The van der Waals surface area contributed by atoms with E-state index in [9.17, 15) is 4.79 Å². The van der Waals surface area contributed by atoms with E-state index in [1.54, 1.807) is 24.3 Å². The van der Waals surface area contributed by atoms with E-state index in [1.807, 2.05) is 60.7 Å². The lowest BCUT2D eigenvalue weighted by molar-refractivity contribution is -0.113. The lowest BCUT2D eigenvalue weighted by Gasteiger charge is -2.08. The van der Waals surface area contributed by atoms with Crippen LogP contribution in [0.3, 0.4) is 0 Å². The molecule has 0 saturated heterocycles. The SMILES string of the molecule is O=C(CSc1ccc2ccccc2n1)Nc1ccc(Oc2ccc(Cl)cc2)cc1. The Labute approximate surface area is 177 Å². The van der Waals surface area contributed by atoms with Gasteiger partial charge < -0.3 is 10.1 Å². The molecule has 1 aromatic heterocycles. The molecule has 1 amide bonds. The van der Waals surface area contributed by atoms with Gasteiger partial charge in [-0.1, -0.05) is 47.6 Å². The first kappa shape index (κ1) is 19.3. The van der Waals surface area contributed by atoms with Gasteiger partial charge in [-0.2, -0.15) is 0 Å². The number of hydrogen-bond donors (Lipinski definition) is 1. The highest BCUT2D eigenvalue weighted by Crippen LogP contribution is 2.25. The zero-order valence-electron chi connectivity index (χ0n) is 15.3. The number of hydrogen-bond acceptors (Lipinski definition) is 4. The van der Waals surface area contributed by atoms with Crippen molar-refractivity contribution in [3.8, 4) is 11.5 Å². The van der Waals surface area contributed by atoms with Gasteiger partial charge in [-0.3, -0.25) is 4.79 Å². The molecular weight excluding hydrogens is 404 g/mol. The van der Waals surface area contributed by atoms with E-state index in [0.29, 0.717) is 22.2 Å². The minimum Gasteiger partial charge on any atom is -0.457 e. The second-order valence-electron chi connectivity index (χ2n) is 6.26. The molecule has 4 rings (SSSR count). The van der Waals surface area contributed by atoms with Crippen molar-refractivity contribution in [1.82, 2.24) is 4.98 Å². The van der Waals surface area contributed by atoms with E-state index in [-0.39, 0.29) is 11.7 Å². The van der Waals surface area contributed by atoms with Gasteiger partial charge in [0, 0.05) is 16.1 Å². The van der Waals surface area contributed by atoms with Crippen molar-refractivity contribution in [2.45, 2.75) is 5.03 Å². The van der Waals surface area contributed by atoms with Crippen LogP contribution in [0.4, 0.5) is 5.69 Å². The Morgan fingerprint density at radius 1 is 0.897 bits per heavy atom. The number of nitrogens with one attached hydrogen (secondary N) is 1. The fourth-order valence-electron chi connectivity index (χ4n) is 2.71. The van der Waals surface area contributed by atoms with Crippen LogP contribution in [-0.2, 0) is 4.79 Å². The molecule has 6 heteroatoms. The first-order valence-electron chi connectivity index (χ1n) is 8.98. The van der Waals surface area contributed by atoms with Crippen molar-refractivity contribution < 1.29 is 9.53 Å². The van der Waals surface area contributed by atoms with Gasteiger partial charge in [0.05, 0.1) is 16.3 Å². The van der Waals surface area contributed by atoms with Crippen LogP contribution in [0.5, 0.6) is 11.5 Å². The van der Waals surface area contributed by atoms with Crippen LogP contribution in [-0.4, -0.2) is 16.6 Å². The molecular formula is C23H17ClN2O2S. The summed E-state index contributed by atoms with van der Waals surface area (Å²) < 4.78 is 5.75. The summed E-state index contributed by atoms with van der Waals surface area (Å²) in [6.45, 7) is 0. The number of aromatic nitrogens is 1. The molecule has 4 nitrogen and oxygen atoms in total. The zero-order chi connectivity index (χ0) is 20.1. The van der Waals surface area contributed by atoms with Gasteiger partial charge in [-0.05, 0) is 60.7 Å². The Hall–Kier alpha value is -3.02. The predicted molar refractivity (Wildman–Crippen MR) is 119 cm³/mol. The van der Waals surface area contributed by atoms with Gasteiger partial charge in [-0.15, -0.1) is 0 Å². The van der Waals surface area contributed by atoms with E-state index >= 15 is 0 Å². The quantitative estimate of drug-likeness (QED) is 0.366. The summed E-state index contributed by atoms with van der Waals surface area (Å²) >= 11 is 7.28. The van der Waals surface area contributed by atoms with Crippen molar-refractivity contribution in [2.24, 2.45) is 0 Å². The highest BCUT2D eigenvalue weighted by Gasteiger charge is 2.06. The van der Waals surface area contributed by atoms with E-state index in [1.165, 1.54) is 11.8 Å². The molecule has 4 aromatic rings. The number of anilines is 1. The van der Waals surface area contributed by atoms with E-state index < -0.39 is 0 Å². The molecule has 1 N–H and O–H groups in total. The van der Waals surface area contributed by atoms with Gasteiger partial charge >= 0.3 is 0 Å². The summed E-state index contributed by atoms with van der Waals surface area (Å²) in [6, 6.07) is 26.2. The molecule has 0 aliphatic rings. The average Bonchev–Trinajstić information content (AvgIpc) is 2.75. The Kier molecular flexibility index (Phi) is 5.98. The number of fused-ring (bicyclic) bond motifs is 1. The second kappa shape index (κ2) is 8.99. The van der Waals surface area contributed by atoms with Crippen LogP contribution in [0.1, 0.15) is 0 Å². The molecule has 29 heavy (non-hydrogen) atoms. The maximum absolute atomic E-state index is 12.3. The number of para-hydroxylation sites is 1. The predicted octanol–water partition coefficient (Wildman–Crippen LogP) is 6.41. The standard InChI is InChI=1S/C23H17ClN2O2S/c24-17-6-10-19(11-7-17)28-20-12-8-18(9-13-20)25-22(27)15-29-23-14-5-16-3-1-2-4-21(16)26-23/h1-14H,15H2,(H,25,27). The number of carbonyl (C=O) groups excluding carboxylic acids is 1. The summed E-state index contributed by atoms with van der Waals surface area (Å²) in [4.78, 5) is 16.8. The van der Waals surface area contributed by atoms with Gasteiger partial charge in [0.25, 0.3) is 0 Å². The largest absolute Gasteiger partial charge is 0.457 e. The van der Waals surface area contributed by atoms with Gasteiger partial charge in [0.15, 0.2) is 0 Å². The van der Waals surface area contributed by atoms with Crippen LogP contribution < -0.4 is 10.1 Å². The average molecular weight is 421 g/mol. The van der Waals surface area contributed by atoms with E-state index in [2.05, 4.69) is 10.3 Å². The normalized spacial score (nSPS) is 10.7. The van der Waals surface area contributed by atoms with E-state index in [4.69, 9.17) is 16.3 Å². The number of rotatable bonds is 6. The number of thioether (sulfide) groups is 1. The van der Waals surface area contributed by atoms with Crippen molar-refractivity contribution in [3.05, 3.63) is 90.0 Å². The molecule has 0 unspecified atom stereocenters. The molecule has 0 atom stereocenters. The van der Waals surface area contributed by atoms with Gasteiger partial charge in [0.2, 0.25) is 5.91 Å². The molecule has 0 radical (unpaired) electrons. The lowest BCUT2D eigenvalue weighted by Crippen LogP contribution is -2.13. The molecule has 144 valence electrons. The first-order chi connectivity index (χ1) is 14.2. The number of carbonyl (C=O) groups is 1. The minimum atomic E-state index is -0.0867. The molecule has 0 aliphatic carbocycles. The molecule has 0 bridgehead atoms. The molecule has 0 aliphatic heterocycles. The number of ether oxygens (including phenoxy) is 1. The van der Waals surface area contributed by atoms with Crippen LogP contribution in [0.15, 0.2) is 90.0 Å². The fourth-order valence-corrected chi connectivity index (χ4v) is 3.51. The molecule has 3 aromatic carbocycles. The third kappa shape index (κ3) is 5.28. The smallest absolute Gasteiger partial charge is 0.234 e. The Balaban J connectivity index is 1.31. The van der Waals surface area contributed by atoms with Crippen LogP contribution in [0.2, 0.25) is 5.02 Å². The number of nitrogens with zero attached hydrogens (tertiary/aromatic N) is 1. The Morgan fingerprint density at radius 3 is 2.34 bits per heavy atom. The third-order valence-corrected chi connectivity index (χ3v) is 5.29. The van der Waals surface area contributed by atoms with Crippen molar-refractivity contribution >= 4 is 45.9 Å². The van der Waals surface area contributed by atoms with Crippen molar-refractivity contribution in [3.63, 3.8) is 0 Å². The Bertz CT molecular complexity index is 1130. The first-order valence-corrected chi connectivity index (χ1v) is 10.3. The number of benzene rings is 3. The van der Waals surface area contributed by atoms with Gasteiger partial charge in [0.1, 0.15) is 11.5 Å². The molecule has 0 fully saturated rings. The third-order valence-electron chi connectivity index (χ3n) is 4.11. The second-order valence-corrected chi connectivity index (χ2v) is 7.69.